The summed E-state index contributed by atoms with van der Waals surface area (Å²) in [5.41, 5.74) is 3.62. The van der Waals surface area contributed by atoms with Crippen molar-refractivity contribution in [2.45, 2.75) is 24.3 Å². The van der Waals surface area contributed by atoms with Gasteiger partial charge in [0.2, 0.25) is 0 Å². The summed E-state index contributed by atoms with van der Waals surface area (Å²) in [6.07, 6.45) is 1.09. The summed E-state index contributed by atoms with van der Waals surface area (Å²) in [5, 5.41) is 7.39. The van der Waals surface area contributed by atoms with E-state index in [0.29, 0.717) is 11.2 Å². The van der Waals surface area contributed by atoms with Crippen LogP contribution in [0.25, 0.3) is 0 Å². The molecule has 2 aromatic carbocycles. The van der Waals surface area contributed by atoms with Crippen LogP contribution in [0.1, 0.15) is 23.6 Å². The van der Waals surface area contributed by atoms with Gasteiger partial charge in [0.05, 0.1) is 6.04 Å². The predicted octanol–water partition coefficient (Wildman–Crippen LogP) is 4.52. The van der Waals surface area contributed by atoms with E-state index < -0.39 is 0 Å². The number of hydrogen-bond donors (Lipinski definition) is 2. The summed E-state index contributed by atoms with van der Waals surface area (Å²) < 4.78 is 0. The first-order valence-electron chi connectivity index (χ1n) is 7.08. The van der Waals surface area contributed by atoms with Crippen LogP contribution in [0.3, 0.4) is 0 Å². The van der Waals surface area contributed by atoms with Crippen molar-refractivity contribution in [1.29, 1.82) is 0 Å². The smallest absolute Gasteiger partial charge is 0.171 e. The largest absolute Gasteiger partial charge is 0.356 e. The summed E-state index contributed by atoms with van der Waals surface area (Å²) in [5.74, 6) is 1.13. The van der Waals surface area contributed by atoms with E-state index in [1.54, 1.807) is 0 Å². The SMILES string of the molecule is Cc1ccc(NC(=S)N[C@@H]2CCSc3ccccc32)cc1. The Kier molecular flexibility index (Phi) is 4.46. The number of hydrogen-bond acceptors (Lipinski definition) is 2. The van der Waals surface area contributed by atoms with Crippen LogP contribution >= 0.6 is 24.0 Å². The van der Waals surface area contributed by atoms with Gasteiger partial charge in [-0.3, -0.25) is 0 Å². The third kappa shape index (κ3) is 3.57. The van der Waals surface area contributed by atoms with Gasteiger partial charge in [-0.05, 0) is 49.3 Å². The molecular formula is C17H18N2S2. The zero-order chi connectivity index (χ0) is 14.7. The highest BCUT2D eigenvalue weighted by Crippen LogP contribution is 2.35. The fraction of sp³-hybridized carbons (Fsp3) is 0.235. The Morgan fingerprint density at radius 3 is 2.71 bits per heavy atom. The molecule has 2 aromatic rings. The number of rotatable bonds is 2. The first-order valence-corrected chi connectivity index (χ1v) is 8.48. The van der Waals surface area contributed by atoms with Crippen LogP contribution in [0.5, 0.6) is 0 Å². The molecular weight excluding hydrogens is 296 g/mol. The van der Waals surface area contributed by atoms with Gasteiger partial charge in [-0.15, -0.1) is 11.8 Å². The summed E-state index contributed by atoms with van der Waals surface area (Å²) in [7, 11) is 0. The summed E-state index contributed by atoms with van der Waals surface area (Å²) >= 11 is 7.37. The topological polar surface area (TPSA) is 24.1 Å². The number of nitrogens with one attached hydrogen (secondary N) is 2. The van der Waals surface area contributed by atoms with Gasteiger partial charge in [0.15, 0.2) is 5.11 Å². The van der Waals surface area contributed by atoms with Crippen molar-refractivity contribution in [3.8, 4) is 0 Å². The number of benzene rings is 2. The molecule has 4 heteroatoms. The molecule has 1 heterocycles. The van der Waals surface area contributed by atoms with Gasteiger partial charge in [-0.25, -0.2) is 0 Å². The van der Waals surface area contributed by atoms with Crippen LogP contribution in [0.4, 0.5) is 5.69 Å². The normalized spacial score (nSPS) is 16.9. The van der Waals surface area contributed by atoms with Crippen LogP contribution in [-0.2, 0) is 0 Å². The van der Waals surface area contributed by atoms with E-state index in [9.17, 15) is 0 Å². The molecule has 0 fully saturated rings. The minimum atomic E-state index is 0.299. The van der Waals surface area contributed by atoms with Crippen molar-refractivity contribution in [3.63, 3.8) is 0 Å². The zero-order valence-corrected chi connectivity index (χ0v) is 13.6. The lowest BCUT2D eigenvalue weighted by molar-refractivity contribution is 0.614. The molecule has 0 saturated heterocycles. The second kappa shape index (κ2) is 6.50. The van der Waals surface area contributed by atoms with Crippen molar-refractivity contribution >= 4 is 34.8 Å². The lowest BCUT2D eigenvalue weighted by Crippen LogP contribution is -2.33. The number of aryl methyl sites for hydroxylation is 1. The molecule has 2 N–H and O–H groups in total. The van der Waals surface area contributed by atoms with E-state index in [4.69, 9.17) is 12.2 Å². The molecule has 2 nitrogen and oxygen atoms in total. The Morgan fingerprint density at radius 2 is 1.90 bits per heavy atom. The highest BCUT2D eigenvalue weighted by molar-refractivity contribution is 7.99. The lowest BCUT2D eigenvalue weighted by Gasteiger charge is -2.27. The first kappa shape index (κ1) is 14.4. The van der Waals surface area contributed by atoms with E-state index in [1.807, 2.05) is 23.9 Å². The molecule has 21 heavy (non-hydrogen) atoms. The third-order valence-electron chi connectivity index (χ3n) is 3.57. The molecule has 3 rings (SSSR count). The van der Waals surface area contributed by atoms with Crippen LogP contribution in [0.15, 0.2) is 53.4 Å². The molecule has 0 spiro atoms. The maximum Gasteiger partial charge on any atom is 0.171 e. The summed E-state index contributed by atoms with van der Waals surface area (Å²) in [6, 6.07) is 17.1. The number of anilines is 1. The molecule has 1 aliphatic heterocycles. The Hall–Kier alpha value is -1.52. The first-order chi connectivity index (χ1) is 10.2. The fourth-order valence-corrected chi connectivity index (χ4v) is 3.84. The average Bonchev–Trinajstić information content (AvgIpc) is 2.50. The Balaban J connectivity index is 1.67. The summed E-state index contributed by atoms with van der Waals surface area (Å²) in [4.78, 5) is 1.36. The maximum atomic E-state index is 5.45. The highest BCUT2D eigenvalue weighted by Gasteiger charge is 2.20. The van der Waals surface area contributed by atoms with E-state index in [1.165, 1.54) is 16.0 Å². The molecule has 0 radical (unpaired) electrons. The van der Waals surface area contributed by atoms with Gasteiger partial charge in [0.1, 0.15) is 0 Å². The maximum absolute atomic E-state index is 5.45. The molecule has 108 valence electrons. The monoisotopic (exact) mass is 314 g/mol. The lowest BCUT2D eigenvalue weighted by atomic mass is 10.0. The molecule has 0 amide bonds. The minimum Gasteiger partial charge on any atom is -0.356 e. The van der Waals surface area contributed by atoms with Crippen LogP contribution in [0.2, 0.25) is 0 Å². The van der Waals surface area contributed by atoms with Gasteiger partial charge < -0.3 is 10.6 Å². The van der Waals surface area contributed by atoms with Crippen molar-refractivity contribution in [3.05, 3.63) is 59.7 Å². The molecule has 0 aliphatic carbocycles. The van der Waals surface area contributed by atoms with E-state index >= 15 is 0 Å². The van der Waals surface area contributed by atoms with Crippen molar-refractivity contribution in [2.75, 3.05) is 11.1 Å². The minimum absolute atomic E-state index is 0.299. The van der Waals surface area contributed by atoms with Crippen LogP contribution < -0.4 is 10.6 Å². The second-order valence-electron chi connectivity index (χ2n) is 5.19. The van der Waals surface area contributed by atoms with E-state index in [2.05, 4.69) is 54.0 Å². The quantitative estimate of drug-likeness (QED) is 0.796. The van der Waals surface area contributed by atoms with Crippen molar-refractivity contribution in [2.24, 2.45) is 0 Å². The van der Waals surface area contributed by atoms with Crippen LogP contribution in [0, 0.1) is 6.92 Å². The number of thioether (sulfide) groups is 1. The van der Waals surface area contributed by atoms with Crippen molar-refractivity contribution in [1.82, 2.24) is 5.32 Å². The molecule has 0 saturated carbocycles. The molecule has 0 bridgehead atoms. The van der Waals surface area contributed by atoms with Gasteiger partial charge in [-0.2, -0.15) is 0 Å². The molecule has 0 aromatic heterocycles. The fourth-order valence-electron chi connectivity index (χ4n) is 2.45. The number of thiocarbonyl (C=S) groups is 1. The Morgan fingerprint density at radius 1 is 1.14 bits per heavy atom. The van der Waals surface area contributed by atoms with Gasteiger partial charge in [0.25, 0.3) is 0 Å². The van der Waals surface area contributed by atoms with Crippen molar-refractivity contribution < 1.29 is 0 Å². The second-order valence-corrected chi connectivity index (χ2v) is 6.74. The molecule has 1 atom stereocenters. The van der Waals surface area contributed by atoms with Gasteiger partial charge >= 0.3 is 0 Å². The van der Waals surface area contributed by atoms with Gasteiger partial charge in [-0.1, -0.05) is 35.9 Å². The van der Waals surface area contributed by atoms with Crippen LogP contribution in [-0.4, -0.2) is 10.9 Å². The van der Waals surface area contributed by atoms with E-state index in [-0.39, 0.29) is 0 Å². The standard InChI is InChI=1S/C17H18N2S2/c1-12-6-8-13(9-7-12)18-17(20)19-15-10-11-21-16-5-3-2-4-14(15)16/h2-9,15H,10-11H2,1H3,(H2,18,19,20)/t15-/m1/s1. The Bertz CT molecular complexity index is 637. The van der Waals surface area contributed by atoms with E-state index in [0.717, 1.165) is 17.9 Å². The zero-order valence-electron chi connectivity index (χ0n) is 11.9. The summed E-state index contributed by atoms with van der Waals surface area (Å²) in [6.45, 7) is 2.08. The average molecular weight is 314 g/mol. The molecule has 1 aliphatic rings. The highest BCUT2D eigenvalue weighted by atomic mass is 32.2. The predicted molar refractivity (Wildman–Crippen MR) is 95.1 cm³/mol. The third-order valence-corrected chi connectivity index (χ3v) is 4.92. The number of fused-ring (bicyclic) bond motifs is 1. The Labute approximate surface area is 135 Å². The molecule has 0 unspecified atom stereocenters. The van der Waals surface area contributed by atoms with Gasteiger partial charge in [0, 0.05) is 16.3 Å².